The molecule has 110 valence electrons. The molecule has 0 saturated heterocycles. The lowest BCUT2D eigenvalue weighted by Crippen LogP contribution is -2.16. The Hall–Kier alpha value is -1.45. The van der Waals surface area contributed by atoms with Crippen LogP contribution >= 0.6 is 11.8 Å². The number of rotatable bonds is 4. The largest absolute Gasteiger partial charge is 0.467 e. The molecule has 2 aromatic rings. The summed E-state index contributed by atoms with van der Waals surface area (Å²) in [5.74, 6) is 1.51. The van der Waals surface area contributed by atoms with Gasteiger partial charge in [-0.25, -0.2) is 0 Å². The smallest absolute Gasteiger partial charge is 0.188 e. The highest BCUT2D eigenvalue weighted by Gasteiger charge is 2.29. The van der Waals surface area contributed by atoms with Gasteiger partial charge in [0, 0.05) is 22.8 Å². The fraction of sp³-hybridized carbons (Fsp3) is 0.333. The van der Waals surface area contributed by atoms with Gasteiger partial charge in [-0.3, -0.25) is 0 Å². The summed E-state index contributed by atoms with van der Waals surface area (Å²) in [4.78, 5) is 1.39. The fourth-order valence-electron chi connectivity index (χ4n) is 2.83. The van der Waals surface area contributed by atoms with Crippen LogP contribution in [0.4, 0.5) is 0 Å². The first kappa shape index (κ1) is 14.5. The van der Waals surface area contributed by atoms with Crippen LogP contribution < -0.4 is 4.74 Å². The Balaban J connectivity index is 1.90. The van der Waals surface area contributed by atoms with Crippen molar-refractivity contribution in [2.24, 2.45) is 5.92 Å². The van der Waals surface area contributed by atoms with Crippen molar-refractivity contribution < 1.29 is 9.47 Å². The predicted octanol–water partition coefficient (Wildman–Crippen LogP) is 4.69. The lowest BCUT2D eigenvalue weighted by Gasteiger charge is -2.31. The van der Waals surface area contributed by atoms with Crippen molar-refractivity contribution in [3.05, 3.63) is 59.7 Å². The third-order valence-electron chi connectivity index (χ3n) is 3.84. The molecule has 0 fully saturated rings. The lowest BCUT2D eigenvalue weighted by molar-refractivity contribution is 0.0502. The molecule has 0 saturated carbocycles. The van der Waals surface area contributed by atoms with E-state index < -0.39 is 0 Å². The van der Waals surface area contributed by atoms with Gasteiger partial charge in [0.25, 0.3) is 0 Å². The number of ether oxygens (including phenoxy) is 2. The van der Waals surface area contributed by atoms with E-state index in [1.54, 1.807) is 7.11 Å². The maximum absolute atomic E-state index is 5.74. The Morgan fingerprint density at radius 3 is 2.71 bits per heavy atom. The van der Waals surface area contributed by atoms with E-state index in [9.17, 15) is 0 Å². The number of fused-ring (bicyclic) bond motifs is 1. The second-order valence-electron chi connectivity index (χ2n) is 5.42. The van der Waals surface area contributed by atoms with Crippen molar-refractivity contribution in [2.45, 2.75) is 23.5 Å². The zero-order chi connectivity index (χ0) is 14.7. The van der Waals surface area contributed by atoms with Gasteiger partial charge in [-0.05, 0) is 30.0 Å². The molecule has 21 heavy (non-hydrogen) atoms. The van der Waals surface area contributed by atoms with Crippen molar-refractivity contribution in [3.8, 4) is 5.75 Å². The number of hydrogen-bond donors (Lipinski definition) is 0. The van der Waals surface area contributed by atoms with E-state index in [0.29, 0.717) is 18.0 Å². The monoisotopic (exact) mass is 300 g/mol. The fourth-order valence-corrected chi connectivity index (χ4v) is 4.22. The maximum atomic E-state index is 5.74. The van der Waals surface area contributed by atoms with Gasteiger partial charge < -0.3 is 9.47 Å². The molecule has 1 aliphatic heterocycles. The summed E-state index contributed by atoms with van der Waals surface area (Å²) in [6.07, 6.45) is 1.12. The van der Waals surface area contributed by atoms with Gasteiger partial charge in [0.05, 0.1) is 0 Å². The van der Waals surface area contributed by atoms with Crippen LogP contribution in [0.2, 0.25) is 0 Å². The van der Waals surface area contributed by atoms with E-state index in [1.165, 1.54) is 16.0 Å². The number of benzene rings is 2. The average molecular weight is 300 g/mol. The van der Waals surface area contributed by atoms with Crippen molar-refractivity contribution in [1.29, 1.82) is 0 Å². The van der Waals surface area contributed by atoms with Crippen LogP contribution in [0.1, 0.15) is 23.3 Å². The number of hydrogen-bond acceptors (Lipinski definition) is 3. The Bertz CT molecular complexity index is 612. The van der Waals surface area contributed by atoms with Crippen LogP contribution in [0, 0.1) is 5.92 Å². The summed E-state index contributed by atoms with van der Waals surface area (Å²) in [6, 6.07) is 17.0. The molecule has 0 aliphatic carbocycles. The molecule has 0 aromatic heterocycles. The highest BCUT2D eigenvalue weighted by atomic mass is 32.2. The van der Waals surface area contributed by atoms with Crippen molar-refractivity contribution in [1.82, 2.24) is 0 Å². The van der Waals surface area contributed by atoms with Crippen LogP contribution in [0.5, 0.6) is 5.75 Å². The lowest BCUT2D eigenvalue weighted by atomic mass is 9.92. The van der Waals surface area contributed by atoms with E-state index in [-0.39, 0.29) is 0 Å². The Morgan fingerprint density at radius 2 is 1.86 bits per heavy atom. The summed E-state index contributed by atoms with van der Waals surface area (Å²) < 4.78 is 10.8. The van der Waals surface area contributed by atoms with E-state index in [1.807, 2.05) is 23.9 Å². The highest BCUT2D eigenvalue weighted by molar-refractivity contribution is 7.99. The van der Waals surface area contributed by atoms with E-state index in [4.69, 9.17) is 9.47 Å². The van der Waals surface area contributed by atoms with Gasteiger partial charge >= 0.3 is 0 Å². The molecule has 3 rings (SSSR count). The summed E-state index contributed by atoms with van der Waals surface area (Å²) in [5.41, 5.74) is 2.73. The molecule has 1 aliphatic rings. The molecular formula is C18H20O2S. The second-order valence-corrected chi connectivity index (χ2v) is 6.60. The number of methoxy groups -OCH3 is 1. The van der Waals surface area contributed by atoms with Crippen LogP contribution in [-0.4, -0.2) is 13.9 Å². The zero-order valence-electron chi connectivity index (χ0n) is 12.4. The first-order valence-corrected chi connectivity index (χ1v) is 8.13. The minimum absolute atomic E-state index is 0.291. The van der Waals surface area contributed by atoms with Gasteiger partial charge in [0.1, 0.15) is 5.75 Å². The summed E-state index contributed by atoms with van der Waals surface area (Å²) in [7, 11) is 1.65. The Kier molecular flexibility index (Phi) is 4.51. The quantitative estimate of drug-likeness (QED) is 0.763. The standard InChI is InChI=1S/C18H20O2S/c1-13-11-14-7-3-6-10-17(14)21-18(13)15-8-4-5-9-16(15)20-12-19-2/h3-10,13,18H,11-12H2,1-2H3. The minimum Gasteiger partial charge on any atom is -0.467 e. The zero-order valence-corrected chi connectivity index (χ0v) is 13.2. The first-order valence-electron chi connectivity index (χ1n) is 7.25. The molecule has 0 amide bonds. The number of thioether (sulfide) groups is 1. The van der Waals surface area contributed by atoms with Crippen LogP contribution in [-0.2, 0) is 11.2 Å². The third-order valence-corrected chi connectivity index (χ3v) is 5.47. The second kappa shape index (κ2) is 6.54. The topological polar surface area (TPSA) is 18.5 Å². The molecule has 1 heterocycles. The van der Waals surface area contributed by atoms with Gasteiger partial charge in [-0.2, -0.15) is 0 Å². The Morgan fingerprint density at radius 1 is 1.10 bits per heavy atom. The molecule has 2 unspecified atom stereocenters. The maximum Gasteiger partial charge on any atom is 0.188 e. The van der Waals surface area contributed by atoms with Gasteiger partial charge in [-0.1, -0.05) is 43.3 Å². The molecule has 2 nitrogen and oxygen atoms in total. The number of para-hydroxylation sites is 1. The molecule has 0 N–H and O–H groups in total. The van der Waals surface area contributed by atoms with Gasteiger partial charge in [0.2, 0.25) is 0 Å². The van der Waals surface area contributed by atoms with E-state index in [0.717, 1.165) is 12.2 Å². The molecule has 0 bridgehead atoms. The van der Waals surface area contributed by atoms with Gasteiger partial charge in [-0.15, -0.1) is 11.8 Å². The molecule has 2 aromatic carbocycles. The summed E-state index contributed by atoms with van der Waals surface area (Å²) in [6.45, 7) is 2.61. The first-order chi connectivity index (χ1) is 10.3. The molecule has 0 spiro atoms. The molecule has 0 radical (unpaired) electrons. The third kappa shape index (κ3) is 3.09. The van der Waals surface area contributed by atoms with Gasteiger partial charge in [0.15, 0.2) is 6.79 Å². The Labute approximate surface area is 130 Å². The highest BCUT2D eigenvalue weighted by Crippen LogP contribution is 2.49. The van der Waals surface area contributed by atoms with Crippen molar-refractivity contribution >= 4 is 11.8 Å². The molecular weight excluding hydrogens is 280 g/mol. The predicted molar refractivity (Wildman–Crippen MR) is 86.9 cm³/mol. The average Bonchev–Trinajstić information content (AvgIpc) is 2.52. The van der Waals surface area contributed by atoms with Crippen molar-refractivity contribution in [2.75, 3.05) is 13.9 Å². The normalized spacial score (nSPS) is 20.9. The van der Waals surface area contributed by atoms with E-state index >= 15 is 0 Å². The summed E-state index contributed by atoms with van der Waals surface area (Å²) >= 11 is 1.95. The molecule has 3 heteroatoms. The van der Waals surface area contributed by atoms with Crippen molar-refractivity contribution in [3.63, 3.8) is 0 Å². The summed E-state index contributed by atoms with van der Waals surface area (Å²) in [5, 5.41) is 0.424. The SMILES string of the molecule is COCOc1ccccc1C1Sc2ccccc2CC1C. The van der Waals surface area contributed by atoms with Crippen LogP contribution in [0.25, 0.3) is 0 Å². The van der Waals surface area contributed by atoms with Crippen LogP contribution in [0.3, 0.4) is 0 Å². The van der Waals surface area contributed by atoms with E-state index in [2.05, 4.69) is 43.3 Å². The molecule has 2 atom stereocenters. The van der Waals surface area contributed by atoms with Crippen LogP contribution in [0.15, 0.2) is 53.4 Å². The minimum atomic E-state index is 0.291.